The van der Waals surface area contributed by atoms with Crippen LogP contribution in [0, 0.1) is 0 Å². The van der Waals surface area contributed by atoms with E-state index in [-0.39, 0.29) is 18.8 Å². The number of hydrogen-bond donors (Lipinski definition) is 0. The molecule has 2 aliphatic heterocycles. The number of ether oxygens (including phenoxy) is 6. The summed E-state index contributed by atoms with van der Waals surface area (Å²) in [6, 6.07) is 20.0. The minimum Gasteiger partial charge on any atom is -0.374 e. The SMILES string of the molecule is CO[C@@H]1O[C@H](COCc2ccccc2)[C@H](OCc2ccccc2)[C@H]1OCc1cn(CC2Cn3nncc3CO2)nn1. The lowest BCUT2D eigenvalue weighted by molar-refractivity contribution is -0.171. The van der Waals surface area contributed by atoms with Crippen molar-refractivity contribution in [2.24, 2.45) is 0 Å². The molecular formula is C29H34N6O6. The van der Waals surface area contributed by atoms with E-state index >= 15 is 0 Å². The predicted molar refractivity (Wildman–Crippen MR) is 144 cm³/mol. The maximum absolute atomic E-state index is 6.38. The summed E-state index contributed by atoms with van der Waals surface area (Å²) in [5.41, 5.74) is 3.80. The Bertz CT molecular complexity index is 1350. The Morgan fingerprint density at radius 2 is 1.66 bits per heavy atom. The Morgan fingerprint density at radius 3 is 2.44 bits per heavy atom. The average molecular weight is 563 g/mol. The van der Waals surface area contributed by atoms with Crippen molar-refractivity contribution in [1.82, 2.24) is 30.0 Å². The van der Waals surface area contributed by atoms with E-state index in [0.29, 0.717) is 45.2 Å². The van der Waals surface area contributed by atoms with Crippen LogP contribution in [0.15, 0.2) is 73.1 Å². The monoisotopic (exact) mass is 562 g/mol. The second-order valence-corrected chi connectivity index (χ2v) is 10.1. The molecule has 12 nitrogen and oxygen atoms in total. The van der Waals surface area contributed by atoms with Gasteiger partial charge in [-0.15, -0.1) is 10.2 Å². The van der Waals surface area contributed by atoms with E-state index in [0.717, 1.165) is 16.8 Å². The highest BCUT2D eigenvalue weighted by Gasteiger charge is 2.47. The van der Waals surface area contributed by atoms with Gasteiger partial charge in [0.2, 0.25) is 0 Å². The van der Waals surface area contributed by atoms with Crippen molar-refractivity contribution in [3.8, 4) is 0 Å². The number of hydrogen-bond acceptors (Lipinski definition) is 10. The molecule has 0 spiro atoms. The minimum atomic E-state index is -0.622. The van der Waals surface area contributed by atoms with Crippen LogP contribution in [0.3, 0.4) is 0 Å². The van der Waals surface area contributed by atoms with Gasteiger partial charge >= 0.3 is 0 Å². The lowest BCUT2D eigenvalue weighted by Crippen LogP contribution is -2.39. The molecule has 0 radical (unpaired) electrons. The molecule has 2 aromatic carbocycles. The van der Waals surface area contributed by atoms with Crippen molar-refractivity contribution in [3.05, 3.63) is 95.6 Å². The van der Waals surface area contributed by atoms with Gasteiger partial charge in [-0.05, 0) is 11.1 Å². The van der Waals surface area contributed by atoms with Crippen molar-refractivity contribution >= 4 is 0 Å². The first-order chi connectivity index (χ1) is 20.2. The third-order valence-corrected chi connectivity index (χ3v) is 7.12. The molecule has 12 heteroatoms. The average Bonchev–Trinajstić information content (AvgIpc) is 3.74. The number of nitrogens with zero attached hydrogens (tertiary/aromatic N) is 6. The second-order valence-electron chi connectivity index (χ2n) is 10.1. The molecule has 0 aliphatic carbocycles. The van der Waals surface area contributed by atoms with Crippen LogP contribution >= 0.6 is 0 Å². The van der Waals surface area contributed by atoms with Gasteiger partial charge in [0.05, 0.1) is 70.3 Å². The second kappa shape index (κ2) is 13.4. The molecule has 2 aliphatic rings. The Labute approximate surface area is 238 Å². The highest BCUT2D eigenvalue weighted by Crippen LogP contribution is 2.29. The van der Waals surface area contributed by atoms with E-state index in [4.69, 9.17) is 28.4 Å². The fourth-order valence-corrected chi connectivity index (χ4v) is 5.01. The lowest BCUT2D eigenvalue weighted by atomic mass is 10.1. The van der Waals surface area contributed by atoms with Gasteiger partial charge in [-0.25, -0.2) is 9.36 Å². The Kier molecular flexibility index (Phi) is 9.05. The Hall–Kier alpha value is -3.52. The standard InChI is InChI=1S/C29H34N6O6/c1-36-29-28(40-18-23-13-34(33-31-23)14-25-15-35-24(19-38-25)12-30-32-35)27(39-17-22-10-6-3-7-11-22)26(41-29)20-37-16-21-8-4-2-5-9-21/h2-13,25-29H,14-20H2,1H3/t25?,26-,27+,28-,29-/m1/s1. The predicted octanol–water partition coefficient (Wildman–Crippen LogP) is 2.53. The summed E-state index contributed by atoms with van der Waals surface area (Å²) in [6.07, 6.45) is 1.59. The van der Waals surface area contributed by atoms with Gasteiger partial charge in [0.15, 0.2) is 6.29 Å². The lowest BCUT2D eigenvalue weighted by Gasteiger charge is -2.24. The molecule has 4 heterocycles. The van der Waals surface area contributed by atoms with Gasteiger partial charge in [0.1, 0.15) is 24.0 Å². The van der Waals surface area contributed by atoms with Gasteiger partial charge in [0, 0.05) is 7.11 Å². The molecule has 0 bridgehead atoms. The summed E-state index contributed by atoms with van der Waals surface area (Å²) in [7, 11) is 1.60. The number of benzene rings is 2. The summed E-state index contributed by atoms with van der Waals surface area (Å²) < 4.78 is 40.1. The van der Waals surface area contributed by atoms with Crippen LogP contribution in [0.4, 0.5) is 0 Å². The van der Waals surface area contributed by atoms with E-state index in [9.17, 15) is 0 Å². The first kappa shape index (κ1) is 27.6. The molecule has 0 saturated carbocycles. The van der Waals surface area contributed by atoms with Crippen LogP contribution in [-0.2, 0) is 67.9 Å². The maximum atomic E-state index is 6.38. The summed E-state index contributed by atoms with van der Waals surface area (Å²) in [5, 5.41) is 16.6. The molecule has 2 aromatic heterocycles. The van der Waals surface area contributed by atoms with Crippen LogP contribution in [-0.4, -0.2) is 74.4 Å². The van der Waals surface area contributed by atoms with E-state index in [1.165, 1.54) is 0 Å². The third-order valence-electron chi connectivity index (χ3n) is 7.12. The summed E-state index contributed by atoms with van der Waals surface area (Å²) >= 11 is 0. The summed E-state index contributed by atoms with van der Waals surface area (Å²) in [4.78, 5) is 0. The van der Waals surface area contributed by atoms with Gasteiger partial charge in [-0.2, -0.15) is 0 Å². The van der Waals surface area contributed by atoms with E-state index in [2.05, 4.69) is 20.6 Å². The molecule has 41 heavy (non-hydrogen) atoms. The quantitative estimate of drug-likeness (QED) is 0.241. The molecule has 6 rings (SSSR count). The van der Waals surface area contributed by atoms with Crippen molar-refractivity contribution in [1.29, 1.82) is 0 Å². The topological polar surface area (TPSA) is 117 Å². The molecule has 1 unspecified atom stereocenters. The molecule has 1 saturated heterocycles. The van der Waals surface area contributed by atoms with Gasteiger partial charge in [-0.3, -0.25) is 0 Å². The van der Waals surface area contributed by atoms with Crippen molar-refractivity contribution in [2.45, 2.75) is 70.2 Å². The largest absolute Gasteiger partial charge is 0.374 e. The maximum Gasteiger partial charge on any atom is 0.186 e. The van der Waals surface area contributed by atoms with Crippen molar-refractivity contribution in [2.75, 3.05) is 13.7 Å². The molecule has 216 valence electrons. The van der Waals surface area contributed by atoms with E-state index in [1.54, 1.807) is 18.0 Å². The first-order valence-electron chi connectivity index (χ1n) is 13.7. The zero-order valence-electron chi connectivity index (χ0n) is 22.9. The zero-order chi connectivity index (χ0) is 27.9. The summed E-state index contributed by atoms with van der Waals surface area (Å²) in [6.45, 7) is 3.07. The van der Waals surface area contributed by atoms with Crippen LogP contribution in [0.5, 0.6) is 0 Å². The van der Waals surface area contributed by atoms with Gasteiger partial charge in [-0.1, -0.05) is 71.1 Å². The fraction of sp³-hybridized carbons (Fsp3) is 0.448. The van der Waals surface area contributed by atoms with Crippen molar-refractivity contribution < 1.29 is 28.4 Å². The molecule has 5 atom stereocenters. The number of methoxy groups -OCH3 is 1. The number of rotatable bonds is 13. The summed E-state index contributed by atoms with van der Waals surface area (Å²) in [5.74, 6) is 0. The molecular weight excluding hydrogens is 528 g/mol. The zero-order valence-corrected chi connectivity index (χ0v) is 22.9. The van der Waals surface area contributed by atoms with Gasteiger partial charge in [0.25, 0.3) is 0 Å². The van der Waals surface area contributed by atoms with Gasteiger partial charge < -0.3 is 28.4 Å². The molecule has 0 amide bonds. The first-order valence-corrected chi connectivity index (χ1v) is 13.7. The van der Waals surface area contributed by atoms with E-state index < -0.39 is 18.5 Å². The highest BCUT2D eigenvalue weighted by molar-refractivity contribution is 5.14. The molecule has 1 fully saturated rings. The normalized spacial score (nSPS) is 24.0. The Balaban J connectivity index is 1.08. The number of fused-ring (bicyclic) bond motifs is 1. The molecule has 0 N–H and O–H groups in total. The molecule has 4 aromatic rings. The van der Waals surface area contributed by atoms with E-state index in [1.807, 2.05) is 71.5 Å². The van der Waals surface area contributed by atoms with Crippen LogP contribution in [0.2, 0.25) is 0 Å². The number of aromatic nitrogens is 6. The minimum absolute atomic E-state index is 0.0758. The van der Waals surface area contributed by atoms with Crippen LogP contribution < -0.4 is 0 Å². The fourth-order valence-electron chi connectivity index (χ4n) is 5.01. The Morgan fingerprint density at radius 1 is 0.902 bits per heavy atom. The van der Waals surface area contributed by atoms with Crippen molar-refractivity contribution in [3.63, 3.8) is 0 Å². The van der Waals surface area contributed by atoms with Crippen LogP contribution in [0.25, 0.3) is 0 Å². The highest BCUT2D eigenvalue weighted by atomic mass is 16.7. The third kappa shape index (κ3) is 7.04. The van der Waals surface area contributed by atoms with Crippen LogP contribution in [0.1, 0.15) is 22.5 Å². The smallest absolute Gasteiger partial charge is 0.186 e.